The first-order valence-electron chi connectivity index (χ1n) is 20.9. The summed E-state index contributed by atoms with van der Waals surface area (Å²) in [7, 11) is 3.32. The maximum absolute atomic E-state index is 13.1. The molecule has 0 radical (unpaired) electrons. The van der Waals surface area contributed by atoms with Gasteiger partial charge in [-0.1, -0.05) is 23.2 Å². The van der Waals surface area contributed by atoms with Crippen molar-refractivity contribution < 1.29 is 43.6 Å². The van der Waals surface area contributed by atoms with Crippen molar-refractivity contribution in [3.05, 3.63) is 44.4 Å². The number of nitrogens with zero attached hydrogens (tertiary/aromatic N) is 2. The standard InChI is InChI=1S/2C22H32ClN3O4.H2O/c2*1-13(27)6-5-8-26-9-7-17(18(12-26)29-4)25-21(28)14-10-16(23)19(24)15-11-22(2,3)30-20(14)15;/h2*10,17-18H,5-9,11-12,24H2,1-4H3,(H,25,28);1H2/t2*17-,18+;/m00./s1. The maximum atomic E-state index is 13.1. The van der Waals surface area contributed by atoms with E-state index in [1.54, 1.807) is 40.2 Å². The van der Waals surface area contributed by atoms with Crippen molar-refractivity contribution >= 4 is 58.0 Å². The molecule has 0 spiro atoms. The Morgan fingerprint density at radius 1 is 0.721 bits per heavy atom. The molecular weight excluding hydrogens is 827 g/mol. The first-order valence-corrected chi connectivity index (χ1v) is 21.7. The molecule has 0 unspecified atom stereocenters. The number of Topliss-reactive ketones (excluding diaryl/α,β-unsaturated/α-hetero) is 2. The van der Waals surface area contributed by atoms with Crippen molar-refractivity contribution in [1.29, 1.82) is 0 Å². The first kappa shape index (κ1) is 50.0. The Kier molecular flexibility index (Phi) is 17.3. The number of ketones is 2. The van der Waals surface area contributed by atoms with Crippen LogP contribution in [-0.4, -0.2) is 128 Å². The van der Waals surface area contributed by atoms with Gasteiger partial charge in [0, 0.05) is 77.2 Å². The Balaban J connectivity index is 0.000000264. The molecule has 0 bridgehead atoms. The summed E-state index contributed by atoms with van der Waals surface area (Å²) in [5.74, 6) is 0.997. The van der Waals surface area contributed by atoms with Crippen molar-refractivity contribution in [1.82, 2.24) is 20.4 Å². The molecule has 2 aromatic carbocycles. The van der Waals surface area contributed by atoms with E-state index in [2.05, 4.69) is 20.4 Å². The predicted molar refractivity (Wildman–Crippen MR) is 238 cm³/mol. The van der Waals surface area contributed by atoms with E-state index in [1.807, 2.05) is 27.7 Å². The summed E-state index contributed by atoms with van der Waals surface area (Å²) in [6.07, 6.45) is 5.34. The lowest BCUT2D eigenvalue weighted by Crippen LogP contribution is -2.55. The minimum atomic E-state index is -0.434. The maximum Gasteiger partial charge on any atom is 0.255 e. The number of anilines is 2. The summed E-state index contributed by atoms with van der Waals surface area (Å²) in [5, 5.41) is 6.95. The second-order valence-electron chi connectivity index (χ2n) is 17.8. The van der Waals surface area contributed by atoms with Crippen LogP contribution in [0.1, 0.15) is 112 Å². The predicted octanol–water partition coefficient (Wildman–Crippen LogP) is 4.82. The Bertz CT molecular complexity index is 1790. The summed E-state index contributed by atoms with van der Waals surface area (Å²) in [5.41, 5.74) is 14.8. The number of benzene rings is 2. The van der Waals surface area contributed by atoms with Crippen LogP contribution in [0, 0.1) is 0 Å². The molecule has 2 amide bonds. The van der Waals surface area contributed by atoms with E-state index in [4.69, 9.17) is 53.6 Å². The number of carbonyl (C=O) groups excluding carboxylic acids is 4. The molecule has 0 aliphatic carbocycles. The van der Waals surface area contributed by atoms with E-state index in [0.29, 0.717) is 82.8 Å². The Hall–Kier alpha value is -3.70. The van der Waals surface area contributed by atoms with Gasteiger partial charge >= 0.3 is 0 Å². The van der Waals surface area contributed by atoms with Crippen molar-refractivity contribution in [3.8, 4) is 11.5 Å². The second kappa shape index (κ2) is 21.1. The number of nitrogen functional groups attached to an aromatic ring is 2. The number of nitrogens with two attached hydrogens (primary N) is 2. The minimum absolute atomic E-state index is 0. The minimum Gasteiger partial charge on any atom is -0.486 e. The Labute approximate surface area is 370 Å². The number of nitrogens with one attached hydrogen (secondary N) is 2. The number of hydrogen-bond acceptors (Lipinski definition) is 12. The van der Waals surface area contributed by atoms with Crippen molar-refractivity contribution in [2.75, 3.05) is 65.0 Å². The molecule has 4 aliphatic rings. The zero-order valence-electron chi connectivity index (χ0n) is 36.9. The molecule has 2 saturated heterocycles. The third-order valence-corrected chi connectivity index (χ3v) is 12.4. The molecule has 4 heterocycles. The van der Waals surface area contributed by atoms with Gasteiger partial charge in [-0.05, 0) is 92.4 Å². The zero-order chi connectivity index (χ0) is 44.1. The lowest BCUT2D eigenvalue weighted by Gasteiger charge is -2.38. The van der Waals surface area contributed by atoms with Crippen LogP contribution in [-0.2, 0) is 31.9 Å². The van der Waals surface area contributed by atoms with E-state index in [9.17, 15) is 19.2 Å². The molecule has 8 N–H and O–H groups in total. The molecule has 17 heteroatoms. The van der Waals surface area contributed by atoms with Crippen LogP contribution >= 0.6 is 23.2 Å². The van der Waals surface area contributed by atoms with Crippen molar-refractivity contribution in [2.24, 2.45) is 0 Å². The van der Waals surface area contributed by atoms with Crippen LogP contribution in [0.4, 0.5) is 11.4 Å². The third-order valence-electron chi connectivity index (χ3n) is 11.7. The Morgan fingerprint density at radius 3 is 1.41 bits per heavy atom. The fourth-order valence-corrected chi connectivity index (χ4v) is 9.01. The van der Waals surface area contributed by atoms with Crippen LogP contribution in [0.3, 0.4) is 0 Å². The van der Waals surface area contributed by atoms with Gasteiger partial charge < -0.3 is 65.9 Å². The molecule has 4 atom stereocenters. The summed E-state index contributed by atoms with van der Waals surface area (Å²) in [6, 6.07) is 2.94. The highest BCUT2D eigenvalue weighted by Gasteiger charge is 2.39. The fraction of sp³-hybridized carbons (Fsp3) is 0.636. The monoisotopic (exact) mass is 892 g/mol. The van der Waals surface area contributed by atoms with Gasteiger partial charge in [0.15, 0.2) is 0 Å². The molecule has 2 fully saturated rings. The molecule has 340 valence electrons. The van der Waals surface area contributed by atoms with Crippen molar-refractivity contribution in [3.63, 3.8) is 0 Å². The summed E-state index contributed by atoms with van der Waals surface area (Å²) >= 11 is 12.6. The van der Waals surface area contributed by atoms with Gasteiger partial charge in [0.05, 0.1) is 56.8 Å². The fourth-order valence-electron chi connectivity index (χ4n) is 8.57. The van der Waals surface area contributed by atoms with Gasteiger partial charge in [0.1, 0.15) is 34.3 Å². The molecule has 61 heavy (non-hydrogen) atoms. The van der Waals surface area contributed by atoms with Crippen LogP contribution in [0.15, 0.2) is 12.1 Å². The summed E-state index contributed by atoms with van der Waals surface area (Å²) in [6.45, 7) is 15.9. The highest BCUT2D eigenvalue weighted by molar-refractivity contribution is 6.34. The molecule has 6 rings (SSSR count). The lowest BCUT2D eigenvalue weighted by molar-refractivity contribution is -0.118. The molecule has 0 saturated carbocycles. The average molecular weight is 894 g/mol. The quantitative estimate of drug-likeness (QED) is 0.188. The van der Waals surface area contributed by atoms with Crippen LogP contribution < -0.4 is 31.6 Å². The molecule has 15 nitrogen and oxygen atoms in total. The second-order valence-corrected chi connectivity index (χ2v) is 18.6. The van der Waals surface area contributed by atoms with Crippen LogP contribution in [0.2, 0.25) is 10.0 Å². The Morgan fingerprint density at radius 2 is 1.08 bits per heavy atom. The van der Waals surface area contributed by atoms with E-state index < -0.39 is 11.2 Å². The molecule has 4 aliphatic heterocycles. The number of methoxy groups -OCH3 is 2. The van der Waals surface area contributed by atoms with E-state index in [1.165, 1.54) is 0 Å². The number of carbonyl (C=O) groups is 4. The normalized spacial score (nSPS) is 22.6. The van der Waals surface area contributed by atoms with Gasteiger partial charge in [-0.15, -0.1) is 0 Å². The first-order chi connectivity index (χ1) is 28.2. The zero-order valence-corrected chi connectivity index (χ0v) is 38.4. The van der Waals surface area contributed by atoms with Gasteiger partial charge in [-0.25, -0.2) is 0 Å². The topological polar surface area (TPSA) is 219 Å². The van der Waals surface area contributed by atoms with Gasteiger partial charge in [-0.2, -0.15) is 0 Å². The van der Waals surface area contributed by atoms with E-state index in [0.717, 1.165) is 63.0 Å². The van der Waals surface area contributed by atoms with E-state index >= 15 is 0 Å². The number of halogens is 2. The highest BCUT2D eigenvalue weighted by Crippen LogP contribution is 2.45. The number of amides is 2. The van der Waals surface area contributed by atoms with E-state index in [-0.39, 0.29) is 53.1 Å². The van der Waals surface area contributed by atoms with Crippen molar-refractivity contribution in [2.45, 2.75) is 128 Å². The average Bonchev–Trinajstić information content (AvgIpc) is 3.70. The molecule has 2 aromatic rings. The number of ether oxygens (including phenoxy) is 4. The van der Waals surface area contributed by atoms with Crippen LogP contribution in [0.5, 0.6) is 11.5 Å². The number of fused-ring (bicyclic) bond motifs is 2. The van der Waals surface area contributed by atoms with Gasteiger partial charge in [0.25, 0.3) is 11.8 Å². The SMILES string of the molecule is CO[C@@H]1CN(CCCC(C)=O)CC[C@@H]1NC(=O)c1cc(Cl)c(N)c2c1OC(C)(C)C2.CO[C@@H]1CN(CCCC(C)=O)CC[C@@H]1NC(=O)c1cc(Cl)c(N)c2c1OC(C)(C)C2.O. The molecule has 0 aromatic heterocycles. The number of hydrogen-bond donors (Lipinski definition) is 4. The van der Waals surface area contributed by atoms with Crippen LogP contribution in [0.25, 0.3) is 0 Å². The number of likely N-dealkylation sites (tertiary alicyclic amines) is 2. The number of rotatable bonds is 14. The lowest BCUT2D eigenvalue weighted by atomic mass is 9.97. The smallest absolute Gasteiger partial charge is 0.255 e. The summed E-state index contributed by atoms with van der Waals surface area (Å²) < 4.78 is 23.4. The van der Waals surface area contributed by atoms with Gasteiger partial charge in [-0.3, -0.25) is 9.59 Å². The highest BCUT2D eigenvalue weighted by atomic mass is 35.5. The number of piperidine rings is 2. The van der Waals surface area contributed by atoms with Gasteiger partial charge in [0.2, 0.25) is 0 Å². The third kappa shape index (κ3) is 12.7. The summed E-state index contributed by atoms with van der Waals surface area (Å²) in [4.78, 5) is 53.2. The largest absolute Gasteiger partial charge is 0.486 e. The molecular formula is C44H66Cl2N6O9.